The van der Waals surface area contributed by atoms with Gasteiger partial charge in [-0.3, -0.25) is 4.72 Å². The summed E-state index contributed by atoms with van der Waals surface area (Å²) in [5, 5.41) is 12.4. The molecule has 0 bridgehead atoms. The summed E-state index contributed by atoms with van der Waals surface area (Å²) in [7, 11) is -5.66. The normalized spacial score (nSPS) is 12.6. The molecule has 0 spiro atoms. The summed E-state index contributed by atoms with van der Waals surface area (Å²) < 4.78 is 72.8. The highest BCUT2D eigenvalue weighted by Gasteiger charge is 2.46. The molecule has 44 heavy (non-hydrogen) atoms. The molecule has 5 rings (SSSR count). The van der Waals surface area contributed by atoms with Crippen molar-refractivity contribution in [1.29, 1.82) is 0 Å². The van der Waals surface area contributed by atoms with E-state index in [0.29, 0.717) is 34.1 Å². The fraction of sp³-hybridized carbons (Fsp3) is 0.200. The van der Waals surface area contributed by atoms with Crippen LogP contribution in [0.4, 0.5) is 18.9 Å². The topological polar surface area (TPSA) is 114 Å². The van der Waals surface area contributed by atoms with Gasteiger partial charge in [-0.2, -0.15) is 21.6 Å². The minimum absolute atomic E-state index is 0.115. The quantitative estimate of drug-likeness (QED) is 0.134. The van der Waals surface area contributed by atoms with Crippen molar-refractivity contribution in [2.75, 3.05) is 4.72 Å². The van der Waals surface area contributed by atoms with Crippen molar-refractivity contribution in [2.24, 2.45) is 0 Å². The number of carboxylic acids is 1. The van der Waals surface area contributed by atoms with Gasteiger partial charge in [-0.15, -0.1) is 11.3 Å². The second-order valence-electron chi connectivity index (χ2n) is 9.84. The summed E-state index contributed by atoms with van der Waals surface area (Å²) in [6.45, 7) is 2.38. The molecule has 0 radical (unpaired) electrons. The molecule has 230 valence electrons. The Kier molecular flexibility index (Phi) is 9.05. The fourth-order valence-corrected chi connectivity index (χ4v) is 6.57. The van der Waals surface area contributed by atoms with Crippen molar-refractivity contribution in [3.63, 3.8) is 0 Å². The number of rotatable bonds is 11. The van der Waals surface area contributed by atoms with Crippen LogP contribution >= 0.6 is 27.3 Å². The lowest BCUT2D eigenvalue weighted by atomic mass is 10.1. The maximum absolute atomic E-state index is 13.1. The standard InChI is InChI=1S/C30H25BrF3N3O5S2/c1-2-6-26-35-16-20(14-19(29(38)39)15-21-7-5-12-43-21)37(26)17-18-10-11-25-23(13-18)27(31)28(42-25)22-8-3-4-9-24(22)36-44(40,41)30(32,33)34/h3-5,7-14,16,36H,2,6,15,17H2,1H3,(H,38,39). The van der Waals surface area contributed by atoms with Gasteiger partial charge in [0.05, 0.1) is 22.1 Å². The van der Waals surface area contributed by atoms with Crippen LogP contribution in [0.25, 0.3) is 28.4 Å². The molecule has 0 aliphatic heterocycles. The van der Waals surface area contributed by atoms with E-state index in [1.165, 1.54) is 29.5 Å². The zero-order chi connectivity index (χ0) is 31.6. The Balaban J connectivity index is 1.51. The molecule has 8 nitrogen and oxygen atoms in total. The Morgan fingerprint density at radius 2 is 1.95 bits per heavy atom. The molecule has 3 heterocycles. The molecule has 14 heteroatoms. The van der Waals surface area contributed by atoms with Crippen LogP contribution < -0.4 is 4.72 Å². The third kappa shape index (κ3) is 6.61. The number of aliphatic carboxylic acids is 1. The van der Waals surface area contributed by atoms with Crippen molar-refractivity contribution in [3.05, 3.63) is 98.2 Å². The number of nitrogens with zero attached hydrogens (tertiary/aromatic N) is 2. The van der Waals surface area contributed by atoms with E-state index in [-0.39, 0.29) is 29.0 Å². The average molecular weight is 709 g/mol. The minimum atomic E-state index is -5.66. The average Bonchev–Trinajstić information content (AvgIpc) is 3.69. The number of halogens is 4. The van der Waals surface area contributed by atoms with Crippen LogP contribution in [0, 0.1) is 0 Å². The van der Waals surface area contributed by atoms with E-state index >= 15 is 0 Å². The van der Waals surface area contributed by atoms with E-state index in [9.17, 15) is 31.5 Å². The van der Waals surface area contributed by atoms with Crippen molar-refractivity contribution < 1.29 is 35.9 Å². The van der Waals surface area contributed by atoms with Crippen LogP contribution in [0.2, 0.25) is 0 Å². The van der Waals surface area contributed by atoms with Gasteiger partial charge in [-0.25, -0.2) is 9.78 Å². The van der Waals surface area contributed by atoms with E-state index in [4.69, 9.17) is 4.42 Å². The molecule has 2 N–H and O–H groups in total. The number of imidazole rings is 1. The Labute approximate surface area is 263 Å². The SMILES string of the molecule is CCCc1ncc(C=C(Cc2cccs2)C(=O)O)n1Cc1ccc2oc(-c3ccccc3NS(=O)(=O)C(F)(F)F)c(Br)c2c1. The predicted molar refractivity (Wildman–Crippen MR) is 167 cm³/mol. The molecule has 0 fully saturated rings. The minimum Gasteiger partial charge on any atom is -0.478 e. The number of benzene rings is 2. The highest BCUT2D eigenvalue weighted by molar-refractivity contribution is 9.10. The number of furan rings is 1. The van der Waals surface area contributed by atoms with Crippen molar-refractivity contribution >= 4 is 66.0 Å². The first kappa shape index (κ1) is 31.5. The van der Waals surface area contributed by atoms with Crippen molar-refractivity contribution in [2.45, 2.75) is 38.2 Å². The predicted octanol–water partition coefficient (Wildman–Crippen LogP) is 8.09. The first-order chi connectivity index (χ1) is 20.9. The number of para-hydroxylation sites is 1. The molecular formula is C30H25BrF3N3O5S2. The van der Waals surface area contributed by atoms with E-state index in [2.05, 4.69) is 20.9 Å². The van der Waals surface area contributed by atoms with Gasteiger partial charge in [0.1, 0.15) is 11.4 Å². The highest BCUT2D eigenvalue weighted by atomic mass is 79.9. The van der Waals surface area contributed by atoms with E-state index in [1.807, 2.05) is 41.1 Å². The second-order valence-corrected chi connectivity index (χ2v) is 13.3. The van der Waals surface area contributed by atoms with Crippen LogP contribution in [0.1, 0.15) is 35.3 Å². The Morgan fingerprint density at radius 1 is 1.18 bits per heavy atom. The zero-order valence-corrected chi connectivity index (χ0v) is 26.3. The smallest absolute Gasteiger partial charge is 0.478 e. The van der Waals surface area contributed by atoms with Gasteiger partial charge >= 0.3 is 21.5 Å². The van der Waals surface area contributed by atoms with Crippen LogP contribution in [-0.2, 0) is 34.2 Å². The largest absolute Gasteiger partial charge is 0.516 e. The maximum Gasteiger partial charge on any atom is 0.516 e. The van der Waals surface area contributed by atoms with Crippen molar-refractivity contribution in [1.82, 2.24) is 9.55 Å². The van der Waals surface area contributed by atoms with E-state index in [0.717, 1.165) is 22.7 Å². The van der Waals surface area contributed by atoms with Crippen LogP contribution in [0.15, 0.2) is 80.6 Å². The molecular weight excluding hydrogens is 683 g/mol. The molecule has 0 aliphatic rings. The van der Waals surface area contributed by atoms with E-state index < -0.39 is 21.5 Å². The maximum atomic E-state index is 13.1. The second kappa shape index (κ2) is 12.6. The van der Waals surface area contributed by atoms with Crippen LogP contribution in [-0.4, -0.2) is 34.6 Å². The van der Waals surface area contributed by atoms with Crippen LogP contribution in [0.5, 0.6) is 0 Å². The lowest BCUT2D eigenvalue weighted by Crippen LogP contribution is -2.30. The van der Waals surface area contributed by atoms with Gasteiger partial charge in [0, 0.05) is 40.8 Å². The lowest BCUT2D eigenvalue weighted by Gasteiger charge is -2.13. The number of carboxylic acid groups (broad SMARTS) is 1. The van der Waals surface area contributed by atoms with Gasteiger partial charge in [-0.05, 0) is 69.7 Å². The first-order valence-corrected chi connectivity index (χ1v) is 16.4. The summed E-state index contributed by atoms with van der Waals surface area (Å²) in [6.07, 6.45) is 5.07. The number of sulfonamides is 1. The fourth-order valence-electron chi connectivity index (χ4n) is 4.66. The summed E-state index contributed by atoms with van der Waals surface area (Å²) in [5.74, 6) is -0.0787. The zero-order valence-electron chi connectivity index (χ0n) is 23.1. The van der Waals surface area contributed by atoms with E-state index in [1.54, 1.807) is 29.1 Å². The van der Waals surface area contributed by atoms with Gasteiger partial charge < -0.3 is 14.1 Å². The molecule has 0 unspecified atom stereocenters. The Hall–Kier alpha value is -3.88. The highest BCUT2D eigenvalue weighted by Crippen LogP contribution is 2.42. The number of aromatic nitrogens is 2. The lowest BCUT2D eigenvalue weighted by molar-refractivity contribution is -0.132. The number of aryl methyl sites for hydroxylation is 1. The molecule has 0 amide bonds. The number of thiophene rings is 1. The van der Waals surface area contributed by atoms with Crippen LogP contribution in [0.3, 0.4) is 0 Å². The molecule has 3 aromatic heterocycles. The summed E-state index contributed by atoms with van der Waals surface area (Å²) in [6, 6.07) is 14.8. The molecule has 0 atom stereocenters. The monoisotopic (exact) mass is 707 g/mol. The third-order valence-corrected chi connectivity index (χ3v) is 9.50. The molecule has 0 aliphatic carbocycles. The van der Waals surface area contributed by atoms with Gasteiger partial charge in [-0.1, -0.05) is 31.2 Å². The molecule has 0 saturated heterocycles. The first-order valence-electron chi connectivity index (χ1n) is 13.3. The number of nitrogens with one attached hydrogen (secondary N) is 1. The summed E-state index contributed by atoms with van der Waals surface area (Å²) in [4.78, 5) is 17.6. The van der Waals surface area contributed by atoms with Gasteiger partial charge in [0.15, 0.2) is 5.76 Å². The number of carbonyl (C=O) groups is 1. The van der Waals surface area contributed by atoms with Crippen molar-refractivity contribution in [3.8, 4) is 11.3 Å². The summed E-state index contributed by atoms with van der Waals surface area (Å²) in [5.41, 5.74) is -3.54. The number of hydrogen-bond donors (Lipinski definition) is 2. The number of hydrogen-bond acceptors (Lipinski definition) is 6. The molecule has 2 aromatic carbocycles. The molecule has 0 saturated carbocycles. The number of fused-ring (bicyclic) bond motifs is 1. The number of anilines is 1. The molecule has 5 aromatic rings. The van der Waals surface area contributed by atoms with Gasteiger partial charge in [0.25, 0.3) is 0 Å². The Bertz CT molecular complexity index is 1960. The third-order valence-electron chi connectivity index (χ3n) is 6.74. The Morgan fingerprint density at radius 3 is 2.64 bits per heavy atom. The number of alkyl halides is 3. The van der Waals surface area contributed by atoms with Gasteiger partial charge in [0.2, 0.25) is 0 Å². The summed E-state index contributed by atoms with van der Waals surface area (Å²) >= 11 is 4.98.